The second-order valence-corrected chi connectivity index (χ2v) is 4.92. The van der Waals surface area contributed by atoms with E-state index in [1.807, 2.05) is 6.92 Å². The summed E-state index contributed by atoms with van der Waals surface area (Å²) in [5, 5.41) is 3.22. The van der Waals surface area contributed by atoms with E-state index >= 15 is 0 Å². The van der Waals surface area contributed by atoms with Crippen LogP contribution in [-0.4, -0.2) is 30.1 Å². The van der Waals surface area contributed by atoms with Crippen molar-refractivity contribution in [1.29, 1.82) is 0 Å². The summed E-state index contributed by atoms with van der Waals surface area (Å²) < 4.78 is 5.00. The van der Waals surface area contributed by atoms with Crippen LogP contribution >= 0.6 is 0 Å². The van der Waals surface area contributed by atoms with E-state index in [1.54, 1.807) is 6.92 Å². The highest BCUT2D eigenvalue weighted by atomic mass is 16.5. The van der Waals surface area contributed by atoms with E-state index in [1.165, 1.54) is 0 Å². The van der Waals surface area contributed by atoms with Crippen LogP contribution in [0, 0.1) is 5.92 Å². The number of carbonyl (C=O) groups excluding carboxylic acids is 2. The molecule has 2 aliphatic heterocycles. The summed E-state index contributed by atoms with van der Waals surface area (Å²) in [6.45, 7) is 5.98. The third-order valence-electron chi connectivity index (χ3n) is 3.53. The van der Waals surface area contributed by atoms with Gasteiger partial charge in [-0.1, -0.05) is 6.92 Å². The standard InChI is InChI=1S/C14H20N2O3/c1-4-10-11(14(18)19-5-2)12(17)9-7-6-8(3)15-13(9)16-10/h8,11,15H,4-7H2,1-3H3. The first-order chi connectivity index (χ1) is 9.08. The second-order valence-electron chi connectivity index (χ2n) is 4.92. The summed E-state index contributed by atoms with van der Waals surface area (Å²) >= 11 is 0. The fourth-order valence-corrected chi connectivity index (χ4v) is 2.50. The summed E-state index contributed by atoms with van der Waals surface area (Å²) in [5.41, 5.74) is 1.25. The first-order valence-corrected chi connectivity index (χ1v) is 6.86. The van der Waals surface area contributed by atoms with E-state index < -0.39 is 11.9 Å². The Hall–Kier alpha value is -1.65. The topological polar surface area (TPSA) is 67.8 Å². The molecule has 0 bridgehead atoms. The lowest BCUT2D eigenvalue weighted by atomic mass is 9.85. The fraction of sp³-hybridized carbons (Fsp3) is 0.643. The molecule has 0 spiro atoms. The van der Waals surface area contributed by atoms with Crippen molar-refractivity contribution in [3.63, 3.8) is 0 Å². The van der Waals surface area contributed by atoms with Crippen molar-refractivity contribution in [3.05, 3.63) is 11.4 Å². The molecule has 0 aliphatic carbocycles. The first-order valence-electron chi connectivity index (χ1n) is 6.86. The molecule has 0 aromatic rings. The smallest absolute Gasteiger partial charge is 0.322 e. The quantitative estimate of drug-likeness (QED) is 0.621. The van der Waals surface area contributed by atoms with Gasteiger partial charge in [0.1, 0.15) is 5.82 Å². The van der Waals surface area contributed by atoms with E-state index in [4.69, 9.17) is 4.74 Å². The van der Waals surface area contributed by atoms with Gasteiger partial charge in [0.05, 0.1) is 6.61 Å². The van der Waals surface area contributed by atoms with Crippen molar-refractivity contribution in [2.75, 3.05) is 6.61 Å². The highest BCUT2D eigenvalue weighted by Gasteiger charge is 2.39. The molecular formula is C14H20N2O3. The lowest BCUT2D eigenvalue weighted by molar-refractivity contribution is -0.148. The number of nitrogens with one attached hydrogen (secondary N) is 1. The number of hydrogen-bond donors (Lipinski definition) is 1. The highest BCUT2D eigenvalue weighted by molar-refractivity contribution is 6.25. The van der Waals surface area contributed by atoms with Crippen molar-refractivity contribution in [2.45, 2.75) is 46.1 Å². The molecule has 19 heavy (non-hydrogen) atoms. The van der Waals surface area contributed by atoms with Gasteiger partial charge < -0.3 is 10.1 Å². The maximum absolute atomic E-state index is 12.5. The molecule has 5 heteroatoms. The minimum absolute atomic E-state index is 0.139. The highest BCUT2D eigenvalue weighted by Crippen LogP contribution is 2.29. The Bertz CT molecular complexity index is 465. The van der Waals surface area contributed by atoms with Crippen molar-refractivity contribution in [3.8, 4) is 0 Å². The zero-order valence-corrected chi connectivity index (χ0v) is 11.7. The number of aliphatic imine (C=N–C) groups is 1. The van der Waals surface area contributed by atoms with Crippen molar-refractivity contribution >= 4 is 17.5 Å². The van der Waals surface area contributed by atoms with Crippen LogP contribution in [0.3, 0.4) is 0 Å². The Labute approximate surface area is 113 Å². The Morgan fingerprint density at radius 3 is 2.84 bits per heavy atom. The molecule has 0 aromatic carbocycles. The van der Waals surface area contributed by atoms with Gasteiger partial charge in [-0.25, -0.2) is 4.99 Å². The van der Waals surface area contributed by atoms with Crippen LogP contribution in [0.4, 0.5) is 0 Å². The van der Waals surface area contributed by atoms with Gasteiger partial charge in [0.25, 0.3) is 0 Å². The molecule has 2 heterocycles. The predicted molar refractivity (Wildman–Crippen MR) is 71.7 cm³/mol. The van der Waals surface area contributed by atoms with E-state index in [-0.39, 0.29) is 12.4 Å². The number of allylic oxidation sites excluding steroid dienone is 1. The minimum atomic E-state index is -0.834. The maximum atomic E-state index is 12.5. The van der Waals surface area contributed by atoms with Crippen LogP contribution in [-0.2, 0) is 14.3 Å². The molecule has 0 saturated heterocycles. The zero-order chi connectivity index (χ0) is 14.0. The average Bonchev–Trinajstić information content (AvgIpc) is 2.38. The van der Waals surface area contributed by atoms with E-state index in [0.717, 1.165) is 6.42 Å². The number of nitrogens with zero attached hydrogens (tertiary/aromatic N) is 1. The van der Waals surface area contributed by atoms with E-state index in [2.05, 4.69) is 17.2 Å². The van der Waals surface area contributed by atoms with Gasteiger partial charge in [-0.05, 0) is 33.1 Å². The summed E-state index contributed by atoms with van der Waals surface area (Å²) in [6.07, 6.45) is 2.14. The van der Waals surface area contributed by atoms with Gasteiger partial charge in [-0.3, -0.25) is 9.59 Å². The largest absolute Gasteiger partial charge is 0.465 e. The number of ether oxygens (including phenoxy) is 1. The van der Waals surface area contributed by atoms with Gasteiger partial charge in [0.15, 0.2) is 11.7 Å². The molecule has 0 aromatic heterocycles. The third kappa shape index (κ3) is 2.55. The predicted octanol–water partition coefficient (Wildman–Crippen LogP) is 1.58. The van der Waals surface area contributed by atoms with Gasteiger partial charge >= 0.3 is 5.97 Å². The number of esters is 1. The van der Waals surface area contributed by atoms with E-state index in [9.17, 15) is 9.59 Å². The Kier molecular flexibility index (Phi) is 4.02. The molecule has 0 amide bonds. The lowest BCUT2D eigenvalue weighted by Gasteiger charge is -2.30. The van der Waals surface area contributed by atoms with Crippen LogP contribution < -0.4 is 5.32 Å². The molecule has 5 nitrogen and oxygen atoms in total. The summed E-state index contributed by atoms with van der Waals surface area (Å²) in [7, 11) is 0. The third-order valence-corrected chi connectivity index (χ3v) is 3.53. The molecular weight excluding hydrogens is 244 g/mol. The molecule has 0 saturated carbocycles. The molecule has 0 radical (unpaired) electrons. The van der Waals surface area contributed by atoms with Gasteiger partial charge in [-0.2, -0.15) is 0 Å². The Balaban J connectivity index is 2.33. The van der Waals surface area contributed by atoms with Crippen LogP contribution in [0.2, 0.25) is 0 Å². The van der Waals surface area contributed by atoms with Crippen LogP contribution in [0.15, 0.2) is 16.4 Å². The molecule has 2 atom stereocenters. The van der Waals surface area contributed by atoms with Crippen LogP contribution in [0.1, 0.15) is 40.0 Å². The minimum Gasteiger partial charge on any atom is -0.465 e. The van der Waals surface area contributed by atoms with Crippen molar-refractivity contribution in [2.24, 2.45) is 10.9 Å². The Morgan fingerprint density at radius 2 is 2.21 bits per heavy atom. The lowest BCUT2D eigenvalue weighted by Crippen LogP contribution is -2.42. The number of ketones is 1. The zero-order valence-electron chi connectivity index (χ0n) is 11.7. The average molecular weight is 264 g/mol. The first kappa shape index (κ1) is 13.8. The summed E-state index contributed by atoms with van der Waals surface area (Å²) in [6, 6.07) is 0.313. The molecule has 2 rings (SSSR count). The fourth-order valence-electron chi connectivity index (χ4n) is 2.50. The monoisotopic (exact) mass is 264 g/mol. The summed E-state index contributed by atoms with van der Waals surface area (Å²) in [5.74, 6) is -0.793. The molecule has 2 aliphatic rings. The SMILES string of the molecule is CCOC(=O)C1C(=O)C2=C(N=C1CC)NC(C)CC2. The Morgan fingerprint density at radius 1 is 1.47 bits per heavy atom. The molecule has 2 unspecified atom stereocenters. The molecule has 104 valence electrons. The molecule has 1 N–H and O–H groups in total. The van der Waals surface area contributed by atoms with Gasteiger partial charge in [0.2, 0.25) is 0 Å². The van der Waals surface area contributed by atoms with Gasteiger partial charge in [-0.15, -0.1) is 0 Å². The number of Topliss-reactive ketones (excluding diaryl/α,β-unsaturated/α-hetero) is 1. The van der Waals surface area contributed by atoms with Gasteiger partial charge in [0, 0.05) is 17.3 Å². The van der Waals surface area contributed by atoms with Crippen LogP contribution in [0.5, 0.6) is 0 Å². The maximum Gasteiger partial charge on any atom is 0.322 e. The van der Waals surface area contributed by atoms with Crippen molar-refractivity contribution < 1.29 is 14.3 Å². The van der Waals surface area contributed by atoms with Crippen molar-refractivity contribution in [1.82, 2.24) is 5.32 Å². The number of rotatable bonds is 3. The van der Waals surface area contributed by atoms with E-state index in [0.29, 0.717) is 36.0 Å². The number of hydrogen-bond acceptors (Lipinski definition) is 5. The van der Waals surface area contributed by atoms with Crippen LogP contribution in [0.25, 0.3) is 0 Å². The molecule has 0 fully saturated rings. The number of carbonyl (C=O) groups is 2. The second kappa shape index (κ2) is 5.55. The normalized spacial score (nSPS) is 26.5. The summed E-state index contributed by atoms with van der Waals surface area (Å²) in [4.78, 5) is 28.9.